The molecule has 7 aromatic carbocycles. The molecule has 0 fully saturated rings. The third-order valence-electron chi connectivity index (χ3n) is 15.7. The van der Waals surface area contributed by atoms with Crippen molar-refractivity contribution in [3.05, 3.63) is 181 Å². The van der Waals surface area contributed by atoms with E-state index in [-0.39, 0.29) is 22.0 Å². The van der Waals surface area contributed by atoms with E-state index in [1.54, 1.807) is 0 Å². The molecule has 1 N–H and O–H groups in total. The minimum atomic E-state index is -1.83. The third-order valence-corrected chi connectivity index (χ3v) is 20.9. The van der Waals surface area contributed by atoms with Crippen molar-refractivity contribution in [3.63, 3.8) is 0 Å². The highest BCUT2D eigenvalue weighted by Gasteiger charge is 2.31. The topological polar surface area (TPSA) is 89.6 Å². The van der Waals surface area contributed by atoms with Crippen molar-refractivity contribution in [1.29, 1.82) is 0 Å². The third kappa shape index (κ3) is 11.8. The zero-order chi connectivity index (χ0) is 59.1. The fourth-order valence-corrected chi connectivity index (χ4v) is 13.7. The summed E-state index contributed by atoms with van der Waals surface area (Å²) in [7, 11) is -5.12. The number of phenolic OH excluding ortho intramolecular Hbond substituents is 1. The maximum Gasteiger partial charge on any atom is 0.162 e. The Morgan fingerprint density at radius 2 is 0.963 bits per heavy atom. The summed E-state index contributed by atoms with van der Waals surface area (Å²) in [6.07, 6.45) is 1.94. The molecule has 0 saturated carbocycles. The zero-order valence-corrected chi connectivity index (χ0v) is 54.7. The normalized spacial score (nSPS) is 12.8. The maximum absolute atomic E-state index is 12.8. The summed E-state index contributed by atoms with van der Waals surface area (Å²) in [6, 6.07) is 57.4. The van der Waals surface area contributed by atoms with Crippen molar-refractivity contribution >= 4 is 51.3 Å². The van der Waals surface area contributed by atoms with Crippen LogP contribution in [0.25, 0.3) is 95.3 Å². The summed E-state index contributed by atoms with van der Waals surface area (Å²) in [6.45, 7) is 41.0. The Morgan fingerprint density at radius 3 is 1.55 bits per heavy atom. The first-order chi connectivity index (χ1) is 38.3. The molecule has 0 unspecified atom stereocenters. The average Bonchev–Trinajstić information content (AvgIpc) is 2.48. The number of benzene rings is 7. The molecule has 0 aliphatic rings. The standard InChI is InChI=1S/C72H82N6OSi3/c1-70(2,3)54-40-52(39-53(41-54)61-43-51(37-38-73-61)47-31-34-56(35-32-47)80(10,11)12)57-25-22-26-63-64(57)74-67(59-44-55(71(4,5)6)45-60(65(59)79)72(7,8)9)78(63)62-36-33-50(42-58(62)48-23-20-19-21-24-48)46-27-29-49(30-28-46)66-75-68(81(13,14)15)77-69(76-66)82(16,17)18/h19-45,79H,1-18H3. The van der Waals surface area contributed by atoms with E-state index in [1.165, 1.54) is 16.3 Å². The predicted octanol–water partition coefficient (Wildman–Crippen LogP) is 17.5. The Hall–Kier alpha value is -7.38. The van der Waals surface area contributed by atoms with Crippen LogP contribution in [0.4, 0.5) is 0 Å². The number of nitrogens with zero attached hydrogens (tertiary/aromatic N) is 6. The van der Waals surface area contributed by atoms with Gasteiger partial charge in [-0.15, -0.1) is 0 Å². The molecule has 10 heteroatoms. The number of fused-ring (bicyclic) bond motifs is 1. The van der Waals surface area contributed by atoms with Crippen LogP contribution in [0.1, 0.15) is 79.0 Å². The lowest BCUT2D eigenvalue weighted by atomic mass is 9.79. The second kappa shape index (κ2) is 21.1. The smallest absolute Gasteiger partial charge is 0.162 e. The average molecular weight is 1130 g/mol. The van der Waals surface area contributed by atoms with Gasteiger partial charge in [-0.3, -0.25) is 9.55 Å². The number of phenols is 1. The van der Waals surface area contributed by atoms with Crippen molar-refractivity contribution in [1.82, 2.24) is 29.5 Å². The molecule has 0 aliphatic carbocycles. The maximum atomic E-state index is 12.8. The van der Waals surface area contributed by atoms with Crippen molar-refractivity contribution in [2.45, 2.75) is 137 Å². The molecule has 0 spiro atoms. The summed E-state index contributed by atoms with van der Waals surface area (Å²) in [5.41, 5.74) is 19.3. The number of hydrogen-bond donors (Lipinski definition) is 1. The number of aromatic nitrogens is 6. The summed E-state index contributed by atoms with van der Waals surface area (Å²) in [5, 5.41) is 14.3. The van der Waals surface area contributed by atoms with E-state index in [4.69, 9.17) is 24.9 Å². The van der Waals surface area contributed by atoms with Gasteiger partial charge in [-0.2, -0.15) is 0 Å². The second-order valence-electron chi connectivity index (χ2n) is 28.7. The minimum absolute atomic E-state index is 0.177. The van der Waals surface area contributed by atoms with E-state index in [2.05, 4.69) is 284 Å². The van der Waals surface area contributed by atoms with Gasteiger partial charge in [0.25, 0.3) is 0 Å². The van der Waals surface area contributed by atoms with Crippen molar-refractivity contribution < 1.29 is 5.11 Å². The van der Waals surface area contributed by atoms with E-state index < -0.39 is 24.2 Å². The van der Waals surface area contributed by atoms with Crippen LogP contribution >= 0.6 is 0 Å². The molecular formula is C72H82N6OSi3. The monoisotopic (exact) mass is 1130 g/mol. The van der Waals surface area contributed by atoms with Crippen LogP contribution < -0.4 is 16.1 Å². The molecule has 0 saturated heterocycles. The lowest BCUT2D eigenvalue weighted by Crippen LogP contribution is -2.52. The van der Waals surface area contributed by atoms with Crippen LogP contribution in [0.3, 0.4) is 0 Å². The molecule has 3 heterocycles. The summed E-state index contributed by atoms with van der Waals surface area (Å²) >= 11 is 0. The van der Waals surface area contributed by atoms with Crippen LogP contribution in [0.2, 0.25) is 58.9 Å². The Morgan fingerprint density at radius 1 is 0.402 bits per heavy atom. The first-order valence-electron chi connectivity index (χ1n) is 29.0. The van der Waals surface area contributed by atoms with E-state index >= 15 is 0 Å². The van der Waals surface area contributed by atoms with Crippen LogP contribution in [0, 0.1) is 0 Å². The first-order valence-corrected chi connectivity index (χ1v) is 39.5. The molecule has 7 nitrogen and oxygen atoms in total. The number of aromatic hydroxyl groups is 1. The van der Waals surface area contributed by atoms with E-state index in [0.717, 1.165) is 100 Å². The highest BCUT2D eigenvalue weighted by molar-refractivity contribution is 6.89. The molecule has 0 amide bonds. The molecular weight excluding hydrogens is 1050 g/mol. The largest absolute Gasteiger partial charge is 0.507 e. The van der Waals surface area contributed by atoms with Crippen molar-refractivity contribution in [2.75, 3.05) is 0 Å². The van der Waals surface area contributed by atoms with Gasteiger partial charge in [-0.05, 0) is 109 Å². The molecule has 0 atom stereocenters. The number of hydrogen-bond acceptors (Lipinski definition) is 6. The highest BCUT2D eigenvalue weighted by Crippen LogP contribution is 2.46. The Kier molecular flexibility index (Phi) is 14.9. The van der Waals surface area contributed by atoms with Gasteiger partial charge in [0.05, 0.1) is 36.1 Å². The molecule has 3 aromatic heterocycles. The quantitative estimate of drug-likeness (QED) is 0.130. The molecule has 0 bridgehead atoms. The van der Waals surface area contributed by atoms with Gasteiger partial charge >= 0.3 is 0 Å². The van der Waals surface area contributed by atoms with Gasteiger partial charge in [0.15, 0.2) is 5.82 Å². The van der Waals surface area contributed by atoms with Crippen LogP contribution in [0.15, 0.2) is 164 Å². The Balaban J connectivity index is 1.20. The van der Waals surface area contributed by atoms with E-state index in [1.807, 2.05) is 6.20 Å². The number of para-hydroxylation sites is 1. The van der Waals surface area contributed by atoms with Gasteiger partial charge in [-0.1, -0.05) is 236 Å². The molecule has 10 aromatic rings. The fourth-order valence-electron chi connectivity index (χ4n) is 10.6. The Labute approximate surface area is 491 Å². The zero-order valence-electron chi connectivity index (χ0n) is 51.7. The van der Waals surface area contributed by atoms with Gasteiger partial charge < -0.3 is 5.11 Å². The van der Waals surface area contributed by atoms with E-state index in [9.17, 15) is 5.11 Å². The SMILES string of the molecule is CC(C)(C)c1cc(-c2cc(-c3ccc([Si](C)(C)C)cc3)ccn2)cc(-c2cccc3c2nc(-c2cc(C(C)(C)C)cc(C(C)(C)C)c2O)n3-c2ccc(-c3ccc(-c4nc([Si](C)(C)C)nc([Si](C)(C)C)n4)cc3)cc2-c2ccccc2)c1. The summed E-state index contributed by atoms with van der Waals surface area (Å²) in [4.78, 5) is 26.1. The van der Waals surface area contributed by atoms with Crippen molar-refractivity contribution in [3.8, 4) is 90.0 Å². The minimum Gasteiger partial charge on any atom is -0.507 e. The molecule has 10 rings (SSSR count). The summed E-state index contributed by atoms with van der Waals surface area (Å²) < 4.78 is 2.29. The first kappa shape index (κ1) is 57.8. The summed E-state index contributed by atoms with van der Waals surface area (Å²) in [5.74, 6) is 1.65. The second-order valence-corrected chi connectivity index (χ2v) is 43.6. The number of pyridine rings is 1. The number of rotatable bonds is 11. The lowest BCUT2D eigenvalue weighted by Gasteiger charge is -2.27. The van der Waals surface area contributed by atoms with Crippen LogP contribution in [0.5, 0.6) is 5.75 Å². The lowest BCUT2D eigenvalue weighted by molar-refractivity contribution is 0.446. The predicted molar refractivity (Wildman–Crippen MR) is 357 cm³/mol. The van der Waals surface area contributed by atoms with Gasteiger partial charge in [-0.25, -0.2) is 19.9 Å². The molecule has 82 heavy (non-hydrogen) atoms. The fraction of sp³-hybridized carbons (Fsp3) is 0.292. The molecule has 0 radical (unpaired) electrons. The van der Waals surface area contributed by atoms with Gasteiger partial charge in [0, 0.05) is 34.0 Å². The Bertz CT molecular complexity index is 4000. The molecule has 0 aliphatic heterocycles. The van der Waals surface area contributed by atoms with Crippen molar-refractivity contribution in [2.24, 2.45) is 0 Å². The van der Waals surface area contributed by atoms with Gasteiger partial charge in [0.1, 0.15) is 38.6 Å². The van der Waals surface area contributed by atoms with Crippen LogP contribution in [-0.2, 0) is 16.2 Å². The highest BCUT2D eigenvalue weighted by atomic mass is 28.3. The van der Waals surface area contributed by atoms with Gasteiger partial charge in [0.2, 0.25) is 0 Å². The van der Waals surface area contributed by atoms with Crippen LogP contribution in [-0.4, -0.2) is 58.8 Å². The molecule has 418 valence electrons. The van der Waals surface area contributed by atoms with E-state index in [0.29, 0.717) is 11.4 Å². The number of imidazole rings is 1.